The fourth-order valence-electron chi connectivity index (χ4n) is 3.22. The molecule has 1 fully saturated rings. The highest BCUT2D eigenvalue weighted by Crippen LogP contribution is 2.32. The molecular weight excluding hydrogens is 292 g/mol. The number of nitro groups is 1. The average Bonchev–Trinajstić information content (AvgIpc) is 2.55. The van der Waals surface area contributed by atoms with Gasteiger partial charge in [-0.1, -0.05) is 13.0 Å². The maximum absolute atomic E-state index is 11.4. The standard InChI is InChI=1S/C17H24N4O2/c1-13-5-11-20(12-6-13)17-16(21(22)23)4-3-15(18-17)14-7-9-19(2)10-8-14/h3-4,7,13H,5-6,8-12H2,1-2H3. The van der Waals surface area contributed by atoms with Gasteiger partial charge in [0.15, 0.2) is 0 Å². The van der Waals surface area contributed by atoms with E-state index in [4.69, 9.17) is 0 Å². The summed E-state index contributed by atoms with van der Waals surface area (Å²) in [6.07, 6.45) is 5.25. The highest BCUT2D eigenvalue weighted by Gasteiger charge is 2.26. The van der Waals surface area contributed by atoms with E-state index in [1.165, 1.54) is 5.57 Å². The smallest absolute Gasteiger partial charge is 0.311 e. The first-order valence-electron chi connectivity index (χ1n) is 8.33. The molecule has 6 heteroatoms. The van der Waals surface area contributed by atoms with Crippen LogP contribution in [0.15, 0.2) is 18.2 Å². The van der Waals surface area contributed by atoms with Gasteiger partial charge in [0.1, 0.15) is 0 Å². The number of pyridine rings is 1. The molecule has 1 aromatic rings. The van der Waals surface area contributed by atoms with E-state index in [-0.39, 0.29) is 10.6 Å². The van der Waals surface area contributed by atoms with Gasteiger partial charge < -0.3 is 9.80 Å². The van der Waals surface area contributed by atoms with E-state index in [0.29, 0.717) is 11.7 Å². The monoisotopic (exact) mass is 316 g/mol. The van der Waals surface area contributed by atoms with E-state index in [2.05, 4.69) is 34.8 Å². The third-order valence-corrected chi connectivity index (χ3v) is 4.88. The Bertz CT molecular complexity index is 621. The molecule has 0 bridgehead atoms. The minimum absolute atomic E-state index is 0.122. The first-order chi connectivity index (χ1) is 11.0. The number of rotatable bonds is 3. The summed E-state index contributed by atoms with van der Waals surface area (Å²) in [6.45, 7) is 5.84. The summed E-state index contributed by atoms with van der Waals surface area (Å²) in [6, 6.07) is 3.42. The normalized spacial score (nSPS) is 20.4. The van der Waals surface area contributed by atoms with Crippen LogP contribution in [0.5, 0.6) is 0 Å². The lowest BCUT2D eigenvalue weighted by molar-refractivity contribution is -0.384. The van der Waals surface area contributed by atoms with Crippen molar-refractivity contribution in [2.24, 2.45) is 5.92 Å². The molecule has 1 aromatic heterocycles. The highest BCUT2D eigenvalue weighted by atomic mass is 16.6. The van der Waals surface area contributed by atoms with Gasteiger partial charge in [0.2, 0.25) is 5.82 Å². The van der Waals surface area contributed by atoms with E-state index in [1.54, 1.807) is 12.1 Å². The van der Waals surface area contributed by atoms with E-state index in [9.17, 15) is 10.1 Å². The topological polar surface area (TPSA) is 62.5 Å². The Balaban J connectivity index is 1.92. The van der Waals surface area contributed by atoms with Gasteiger partial charge >= 0.3 is 5.69 Å². The van der Waals surface area contributed by atoms with Gasteiger partial charge in [-0.3, -0.25) is 10.1 Å². The van der Waals surface area contributed by atoms with Crippen molar-refractivity contribution in [3.63, 3.8) is 0 Å². The summed E-state index contributed by atoms with van der Waals surface area (Å²) < 4.78 is 0. The number of hydrogen-bond acceptors (Lipinski definition) is 5. The zero-order chi connectivity index (χ0) is 16.4. The Morgan fingerprint density at radius 3 is 2.61 bits per heavy atom. The van der Waals surface area contributed by atoms with Crippen LogP contribution in [0.3, 0.4) is 0 Å². The van der Waals surface area contributed by atoms with Crippen LogP contribution in [0, 0.1) is 16.0 Å². The second-order valence-corrected chi connectivity index (χ2v) is 6.71. The number of piperidine rings is 1. The van der Waals surface area contributed by atoms with Gasteiger partial charge in [-0.05, 0) is 43.9 Å². The summed E-state index contributed by atoms with van der Waals surface area (Å²) in [7, 11) is 2.09. The van der Waals surface area contributed by atoms with Gasteiger partial charge in [-0.15, -0.1) is 0 Å². The minimum Gasteiger partial charge on any atom is -0.351 e. The molecule has 0 spiro atoms. The molecule has 3 rings (SSSR count). The largest absolute Gasteiger partial charge is 0.351 e. The van der Waals surface area contributed by atoms with Crippen LogP contribution in [0.4, 0.5) is 11.5 Å². The highest BCUT2D eigenvalue weighted by molar-refractivity contribution is 5.69. The van der Waals surface area contributed by atoms with Crippen LogP contribution < -0.4 is 4.90 Å². The van der Waals surface area contributed by atoms with Crippen molar-refractivity contribution in [3.05, 3.63) is 34.0 Å². The molecule has 0 saturated carbocycles. The molecule has 1 saturated heterocycles. The first kappa shape index (κ1) is 15.9. The average molecular weight is 316 g/mol. The van der Waals surface area contributed by atoms with Crippen LogP contribution in [0.25, 0.3) is 5.57 Å². The second kappa shape index (κ2) is 6.66. The lowest BCUT2D eigenvalue weighted by Crippen LogP contribution is -2.34. The van der Waals surface area contributed by atoms with E-state index >= 15 is 0 Å². The van der Waals surface area contributed by atoms with Crippen molar-refractivity contribution in [3.8, 4) is 0 Å². The van der Waals surface area contributed by atoms with E-state index in [1.807, 2.05) is 0 Å². The molecule has 0 N–H and O–H groups in total. The molecule has 124 valence electrons. The van der Waals surface area contributed by atoms with Gasteiger partial charge in [0, 0.05) is 32.2 Å². The van der Waals surface area contributed by atoms with Crippen LogP contribution in [-0.2, 0) is 0 Å². The van der Waals surface area contributed by atoms with E-state index < -0.39 is 0 Å². The predicted molar refractivity (Wildman–Crippen MR) is 91.6 cm³/mol. The SMILES string of the molecule is CC1CCN(c2nc(C3=CCN(C)CC3)ccc2[N+](=O)[O-])CC1. The minimum atomic E-state index is -0.312. The molecule has 23 heavy (non-hydrogen) atoms. The van der Waals surface area contributed by atoms with Crippen LogP contribution in [0.1, 0.15) is 31.9 Å². The summed E-state index contributed by atoms with van der Waals surface area (Å²) in [5, 5.41) is 11.4. The van der Waals surface area contributed by atoms with Crippen LogP contribution >= 0.6 is 0 Å². The second-order valence-electron chi connectivity index (χ2n) is 6.71. The van der Waals surface area contributed by atoms with Crippen molar-refractivity contribution in [1.82, 2.24) is 9.88 Å². The van der Waals surface area contributed by atoms with Crippen LogP contribution in [0.2, 0.25) is 0 Å². The summed E-state index contributed by atoms with van der Waals surface area (Å²) >= 11 is 0. The van der Waals surface area contributed by atoms with E-state index in [0.717, 1.165) is 51.1 Å². The molecular formula is C17H24N4O2. The van der Waals surface area contributed by atoms with Crippen molar-refractivity contribution in [2.75, 3.05) is 38.1 Å². The van der Waals surface area contributed by atoms with Crippen molar-refractivity contribution < 1.29 is 4.92 Å². The van der Waals surface area contributed by atoms with Crippen LogP contribution in [-0.4, -0.2) is 48.0 Å². The van der Waals surface area contributed by atoms with Crippen molar-refractivity contribution in [1.29, 1.82) is 0 Å². The molecule has 0 radical (unpaired) electrons. The number of anilines is 1. The number of aromatic nitrogens is 1. The maximum Gasteiger partial charge on any atom is 0.311 e. The fraction of sp³-hybridized carbons (Fsp3) is 0.588. The molecule has 0 atom stereocenters. The Kier molecular flexibility index (Phi) is 4.61. The Labute approximate surface area is 137 Å². The van der Waals surface area contributed by atoms with Gasteiger partial charge in [0.05, 0.1) is 10.6 Å². The number of hydrogen-bond donors (Lipinski definition) is 0. The first-order valence-corrected chi connectivity index (χ1v) is 8.33. The fourth-order valence-corrected chi connectivity index (χ4v) is 3.22. The molecule has 3 heterocycles. The maximum atomic E-state index is 11.4. The van der Waals surface area contributed by atoms with Crippen molar-refractivity contribution >= 4 is 17.1 Å². The predicted octanol–water partition coefficient (Wildman–Crippen LogP) is 2.95. The summed E-state index contributed by atoms with van der Waals surface area (Å²) in [5.41, 5.74) is 2.21. The zero-order valence-electron chi connectivity index (χ0n) is 13.9. The summed E-state index contributed by atoms with van der Waals surface area (Å²) in [4.78, 5) is 20.1. The van der Waals surface area contributed by atoms with Gasteiger partial charge in [0.25, 0.3) is 0 Å². The molecule has 6 nitrogen and oxygen atoms in total. The molecule has 0 amide bonds. The molecule has 0 aromatic carbocycles. The summed E-state index contributed by atoms with van der Waals surface area (Å²) in [5.74, 6) is 1.23. The molecule has 2 aliphatic rings. The quantitative estimate of drug-likeness (QED) is 0.634. The Morgan fingerprint density at radius 2 is 2.00 bits per heavy atom. The molecule has 2 aliphatic heterocycles. The van der Waals surface area contributed by atoms with Crippen molar-refractivity contribution in [2.45, 2.75) is 26.2 Å². The lowest BCUT2D eigenvalue weighted by Gasteiger charge is -2.31. The molecule has 0 aliphatic carbocycles. The molecule has 0 unspecified atom stereocenters. The zero-order valence-corrected chi connectivity index (χ0v) is 13.9. The van der Waals surface area contributed by atoms with Gasteiger partial charge in [-0.25, -0.2) is 4.98 Å². The Hall–Kier alpha value is -1.95. The third kappa shape index (κ3) is 3.52. The number of likely N-dealkylation sites (N-methyl/N-ethyl adjacent to an activating group) is 1. The third-order valence-electron chi connectivity index (χ3n) is 4.88. The number of nitrogens with zero attached hydrogens (tertiary/aromatic N) is 4. The lowest BCUT2D eigenvalue weighted by atomic mass is 9.99. The Morgan fingerprint density at radius 1 is 1.26 bits per heavy atom. The van der Waals surface area contributed by atoms with Gasteiger partial charge in [-0.2, -0.15) is 0 Å².